The molecule has 0 unspecified atom stereocenters. The van der Waals surface area contributed by atoms with Gasteiger partial charge < -0.3 is 5.11 Å². The molecule has 2 bridgehead atoms. The monoisotopic (exact) mass is 410 g/mol. The summed E-state index contributed by atoms with van der Waals surface area (Å²) in [5, 5.41) is 15.4. The maximum Gasteiger partial charge on any atom is 0.307 e. The molecule has 4 atom stereocenters. The minimum absolute atomic E-state index is 0.0169. The summed E-state index contributed by atoms with van der Waals surface area (Å²) in [6, 6.07) is 16.6. The van der Waals surface area contributed by atoms with Crippen LogP contribution in [0.4, 0.5) is 0 Å². The van der Waals surface area contributed by atoms with Gasteiger partial charge in [0.25, 0.3) is 5.56 Å². The van der Waals surface area contributed by atoms with Crippen molar-refractivity contribution in [2.75, 3.05) is 0 Å². The molecule has 7 nitrogen and oxygen atoms in total. The molecule has 2 aliphatic rings. The Morgan fingerprint density at radius 3 is 2.52 bits per heavy atom. The third-order valence-corrected chi connectivity index (χ3v) is 6.50. The SMILES string of the molecule is O=C(O)[C@H]1[C@@H](c2nc3ccccc3c3nc(=O)c(-c4ccccc4)nn23)[C@H]2C=C[C@H]1C2. The Hall–Kier alpha value is -3.87. The van der Waals surface area contributed by atoms with E-state index in [2.05, 4.69) is 16.2 Å². The van der Waals surface area contributed by atoms with E-state index in [4.69, 9.17) is 4.98 Å². The first-order chi connectivity index (χ1) is 15.1. The van der Waals surface area contributed by atoms with E-state index in [9.17, 15) is 14.7 Å². The number of hydrogen-bond donors (Lipinski definition) is 1. The predicted molar refractivity (Wildman–Crippen MR) is 115 cm³/mol. The summed E-state index contributed by atoms with van der Waals surface area (Å²) in [5.41, 5.74) is 1.55. The van der Waals surface area contributed by atoms with Crippen LogP contribution in [0.5, 0.6) is 0 Å². The molecule has 0 spiro atoms. The molecule has 0 saturated heterocycles. The zero-order chi connectivity index (χ0) is 21.1. The van der Waals surface area contributed by atoms with Crippen molar-refractivity contribution in [3.05, 3.63) is 82.9 Å². The quantitative estimate of drug-likeness (QED) is 0.411. The number of benzene rings is 2. The van der Waals surface area contributed by atoms with Crippen LogP contribution in [0.3, 0.4) is 0 Å². The molecule has 1 saturated carbocycles. The summed E-state index contributed by atoms with van der Waals surface area (Å²) < 4.78 is 1.60. The number of hydrogen-bond acceptors (Lipinski definition) is 5. The molecule has 0 amide bonds. The third-order valence-electron chi connectivity index (χ3n) is 6.50. The molecule has 7 heteroatoms. The molecule has 0 radical (unpaired) electrons. The highest BCUT2D eigenvalue weighted by atomic mass is 16.4. The number of carboxylic acids is 1. The van der Waals surface area contributed by atoms with Crippen molar-refractivity contribution < 1.29 is 9.90 Å². The van der Waals surface area contributed by atoms with E-state index in [-0.39, 0.29) is 23.4 Å². The van der Waals surface area contributed by atoms with Gasteiger partial charge in [-0.15, -0.1) is 0 Å². The molecule has 0 aliphatic heterocycles. The second-order valence-electron chi connectivity index (χ2n) is 8.19. The summed E-state index contributed by atoms with van der Waals surface area (Å²) in [6.45, 7) is 0. The van der Waals surface area contributed by atoms with E-state index in [1.165, 1.54) is 0 Å². The van der Waals surface area contributed by atoms with E-state index < -0.39 is 17.4 Å². The number of carboxylic acid groups (broad SMARTS) is 1. The normalized spacial score (nSPS) is 24.3. The molecule has 1 N–H and O–H groups in total. The van der Waals surface area contributed by atoms with Crippen LogP contribution in [0.15, 0.2) is 71.5 Å². The Labute approximate surface area is 176 Å². The number of aliphatic carboxylic acids is 1. The van der Waals surface area contributed by atoms with Crippen molar-refractivity contribution in [2.45, 2.75) is 12.3 Å². The topological polar surface area (TPSA) is 97.5 Å². The number of rotatable bonds is 3. The minimum Gasteiger partial charge on any atom is -0.481 e. The molecule has 2 aromatic heterocycles. The average Bonchev–Trinajstić information content (AvgIpc) is 3.40. The van der Waals surface area contributed by atoms with Crippen LogP contribution in [0.1, 0.15) is 18.2 Å². The maximum atomic E-state index is 12.9. The van der Waals surface area contributed by atoms with Crippen molar-refractivity contribution in [3.8, 4) is 11.3 Å². The molecule has 1 fully saturated rings. The summed E-state index contributed by atoms with van der Waals surface area (Å²) in [7, 11) is 0. The first-order valence-corrected chi connectivity index (χ1v) is 10.3. The lowest BCUT2D eigenvalue weighted by Crippen LogP contribution is -2.29. The number of carbonyl (C=O) groups is 1. The van der Waals surface area contributed by atoms with Gasteiger partial charge in [-0.25, -0.2) is 4.98 Å². The van der Waals surface area contributed by atoms with Gasteiger partial charge in [0, 0.05) is 16.9 Å². The van der Waals surface area contributed by atoms with Gasteiger partial charge in [-0.05, 0) is 30.4 Å². The van der Waals surface area contributed by atoms with Crippen molar-refractivity contribution in [2.24, 2.45) is 17.8 Å². The number of nitrogens with zero attached hydrogens (tertiary/aromatic N) is 4. The average molecular weight is 410 g/mol. The summed E-state index contributed by atoms with van der Waals surface area (Å²) >= 11 is 0. The highest BCUT2D eigenvalue weighted by Gasteiger charge is 2.50. The Kier molecular flexibility index (Phi) is 3.80. The van der Waals surface area contributed by atoms with Gasteiger partial charge >= 0.3 is 5.97 Å². The van der Waals surface area contributed by atoms with Gasteiger partial charge in [-0.3, -0.25) is 9.59 Å². The van der Waals surface area contributed by atoms with Crippen molar-refractivity contribution in [3.63, 3.8) is 0 Å². The van der Waals surface area contributed by atoms with Crippen LogP contribution in [-0.4, -0.2) is 30.7 Å². The zero-order valence-corrected chi connectivity index (χ0v) is 16.4. The standard InChI is InChI=1S/C24H18N4O3/c29-23-20(13-6-2-1-3-7-13)27-28-21(26-23)16-8-4-5-9-17(16)25-22(28)18-14-10-11-15(12-14)19(18)24(30)31/h1-11,14-15,18-19H,12H2,(H,30,31)/t14-,15-,18-,19+/m0/s1. The molecule has 31 heavy (non-hydrogen) atoms. The molecule has 2 aliphatic carbocycles. The first kappa shape index (κ1) is 17.9. The molecular weight excluding hydrogens is 392 g/mol. The highest BCUT2D eigenvalue weighted by molar-refractivity contribution is 5.91. The van der Waals surface area contributed by atoms with Gasteiger partial charge in [-0.2, -0.15) is 14.6 Å². The summed E-state index contributed by atoms with van der Waals surface area (Å²) in [4.78, 5) is 34.3. The lowest BCUT2D eigenvalue weighted by atomic mass is 9.82. The molecule has 2 heterocycles. The van der Waals surface area contributed by atoms with E-state index in [0.29, 0.717) is 27.9 Å². The van der Waals surface area contributed by atoms with E-state index in [1.54, 1.807) is 4.52 Å². The lowest BCUT2D eigenvalue weighted by Gasteiger charge is -2.25. The fraction of sp³-hybridized carbons (Fsp3) is 0.208. The number of fused-ring (bicyclic) bond motifs is 5. The Morgan fingerprint density at radius 1 is 0.968 bits per heavy atom. The van der Waals surface area contributed by atoms with Crippen molar-refractivity contribution in [1.29, 1.82) is 0 Å². The van der Waals surface area contributed by atoms with Crippen LogP contribution in [-0.2, 0) is 4.79 Å². The van der Waals surface area contributed by atoms with E-state index in [1.807, 2.05) is 60.7 Å². The van der Waals surface area contributed by atoms with Crippen LogP contribution in [0.2, 0.25) is 0 Å². The molecule has 6 rings (SSSR count). The van der Waals surface area contributed by atoms with E-state index in [0.717, 1.165) is 6.42 Å². The van der Waals surface area contributed by atoms with Crippen LogP contribution in [0.25, 0.3) is 27.8 Å². The molecular formula is C24H18N4O3. The number of aromatic nitrogens is 4. The third kappa shape index (κ3) is 2.63. The van der Waals surface area contributed by atoms with Crippen molar-refractivity contribution in [1.82, 2.24) is 19.6 Å². The van der Waals surface area contributed by atoms with E-state index >= 15 is 0 Å². The van der Waals surface area contributed by atoms with Crippen LogP contribution >= 0.6 is 0 Å². The van der Waals surface area contributed by atoms with Gasteiger partial charge in [0.1, 0.15) is 5.82 Å². The smallest absolute Gasteiger partial charge is 0.307 e. The maximum absolute atomic E-state index is 12.9. The zero-order valence-electron chi connectivity index (χ0n) is 16.4. The van der Waals surface area contributed by atoms with Gasteiger partial charge in [0.15, 0.2) is 11.3 Å². The lowest BCUT2D eigenvalue weighted by molar-refractivity contribution is -0.143. The Morgan fingerprint density at radius 2 is 1.71 bits per heavy atom. The number of para-hydroxylation sites is 1. The summed E-state index contributed by atoms with van der Waals surface area (Å²) in [5.74, 6) is -1.14. The largest absolute Gasteiger partial charge is 0.481 e. The Balaban J connectivity index is 1.69. The molecule has 2 aromatic carbocycles. The van der Waals surface area contributed by atoms with Gasteiger partial charge in [-0.1, -0.05) is 54.6 Å². The summed E-state index contributed by atoms with van der Waals surface area (Å²) in [6.07, 6.45) is 4.88. The number of allylic oxidation sites excluding steroid dienone is 2. The first-order valence-electron chi connectivity index (χ1n) is 10.3. The highest BCUT2D eigenvalue weighted by Crippen LogP contribution is 2.52. The molecule has 4 aromatic rings. The predicted octanol–water partition coefficient (Wildman–Crippen LogP) is 3.30. The fourth-order valence-electron chi connectivity index (χ4n) is 5.16. The second kappa shape index (κ2) is 6.57. The van der Waals surface area contributed by atoms with Crippen LogP contribution < -0.4 is 5.56 Å². The fourth-order valence-corrected chi connectivity index (χ4v) is 5.16. The van der Waals surface area contributed by atoms with Crippen molar-refractivity contribution >= 4 is 22.5 Å². The Bertz CT molecular complexity index is 1440. The second-order valence-corrected chi connectivity index (χ2v) is 8.19. The van der Waals surface area contributed by atoms with Gasteiger partial charge in [0.05, 0.1) is 11.4 Å². The minimum atomic E-state index is -0.831. The van der Waals surface area contributed by atoms with Crippen LogP contribution in [0, 0.1) is 17.8 Å². The molecule has 152 valence electrons. The van der Waals surface area contributed by atoms with Gasteiger partial charge in [0.2, 0.25) is 0 Å².